The van der Waals surface area contributed by atoms with Crippen LogP contribution in [-0.2, 0) is 6.61 Å². The van der Waals surface area contributed by atoms with E-state index in [1.165, 1.54) is 0 Å². The molecule has 0 aliphatic carbocycles. The molecule has 0 bridgehead atoms. The number of aromatic amines is 1. The van der Waals surface area contributed by atoms with Gasteiger partial charge in [-0.05, 0) is 24.1 Å². The van der Waals surface area contributed by atoms with Crippen LogP contribution in [0.2, 0.25) is 0 Å². The summed E-state index contributed by atoms with van der Waals surface area (Å²) in [6.07, 6.45) is 1.69. The van der Waals surface area contributed by atoms with Crippen molar-refractivity contribution < 1.29 is 9.90 Å². The third-order valence-corrected chi connectivity index (χ3v) is 4.68. The Morgan fingerprint density at radius 1 is 1.18 bits per heavy atom. The molecular weight excluding hydrogens is 356 g/mol. The quantitative estimate of drug-likeness (QED) is 0.431. The molecule has 8 nitrogen and oxygen atoms in total. The molecule has 0 aliphatic heterocycles. The lowest BCUT2D eigenvalue weighted by Gasteiger charge is -2.14. The number of carbonyl (C=O) groups is 1. The van der Waals surface area contributed by atoms with E-state index in [-0.39, 0.29) is 23.8 Å². The summed E-state index contributed by atoms with van der Waals surface area (Å²) in [6, 6.07) is 11.0. The zero-order valence-corrected chi connectivity index (χ0v) is 15.1. The third-order valence-electron chi connectivity index (χ3n) is 4.68. The molecule has 0 saturated carbocycles. The number of anilines is 1. The number of nitrogens with zero attached hydrogens (tertiary/aromatic N) is 3. The molecule has 2 aromatic heterocycles. The summed E-state index contributed by atoms with van der Waals surface area (Å²) in [7, 11) is 0. The zero-order chi connectivity index (χ0) is 19.8. The fourth-order valence-electron chi connectivity index (χ4n) is 3.29. The second-order valence-corrected chi connectivity index (χ2v) is 6.43. The number of H-pyrrole nitrogens is 1. The Kier molecular flexibility index (Phi) is 4.25. The van der Waals surface area contributed by atoms with E-state index in [0.717, 1.165) is 22.0 Å². The van der Waals surface area contributed by atoms with Crippen molar-refractivity contribution in [3.63, 3.8) is 0 Å². The number of carbonyl (C=O) groups excluding carboxylic acids is 1. The predicted octanol–water partition coefficient (Wildman–Crippen LogP) is 2.17. The molecule has 4 aromatic rings. The van der Waals surface area contributed by atoms with Gasteiger partial charge in [-0.15, -0.1) is 0 Å². The summed E-state index contributed by atoms with van der Waals surface area (Å²) in [5, 5.41) is 17.5. The van der Waals surface area contributed by atoms with Gasteiger partial charge in [0, 0.05) is 16.5 Å². The molecule has 0 saturated heterocycles. The first-order valence-corrected chi connectivity index (χ1v) is 8.60. The molecule has 0 unspecified atom stereocenters. The maximum Gasteiger partial charge on any atom is 0.269 e. The molecule has 6 N–H and O–H groups in total. The number of amides is 1. The second kappa shape index (κ2) is 6.75. The number of nitrogens with two attached hydrogens (primary N) is 2. The van der Waals surface area contributed by atoms with E-state index in [1.807, 2.05) is 19.1 Å². The van der Waals surface area contributed by atoms with E-state index < -0.39 is 5.91 Å². The molecule has 28 heavy (non-hydrogen) atoms. The number of rotatable bonds is 4. The number of primary amides is 1. The van der Waals surface area contributed by atoms with Crippen molar-refractivity contribution in [1.82, 2.24) is 20.2 Å². The summed E-state index contributed by atoms with van der Waals surface area (Å²) in [5.41, 5.74) is 15.9. The monoisotopic (exact) mass is 374 g/mol. The molecule has 8 heteroatoms. The number of aryl methyl sites for hydroxylation is 1. The minimum absolute atomic E-state index is 0.0624. The molecule has 0 fully saturated rings. The molecule has 2 aromatic carbocycles. The number of hydrogen-bond donors (Lipinski definition) is 4. The standard InChI is InChI=1S/C20H18N6O2/c1-10-6-7-14-13(8-23-26-14)15(10)17-16(21)18(19(22)28)25-20(24-17)12-5-3-2-4-11(12)9-27/h2-8,27H,9,21H2,1H3,(H2,22,28)(H,23,26). The van der Waals surface area contributed by atoms with E-state index in [4.69, 9.17) is 11.5 Å². The SMILES string of the molecule is Cc1ccc2[nH]ncc2c1-c1nc(-c2ccccc2CO)nc(C(N)=O)c1N. The highest BCUT2D eigenvalue weighted by Gasteiger charge is 2.22. The van der Waals surface area contributed by atoms with Crippen LogP contribution >= 0.6 is 0 Å². The average Bonchev–Trinajstić information content (AvgIpc) is 3.17. The number of aliphatic hydroxyl groups excluding tert-OH is 1. The van der Waals surface area contributed by atoms with Crippen molar-refractivity contribution in [2.75, 3.05) is 5.73 Å². The van der Waals surface area contributed by atoms with Crippen LogP contribution in [0.15, 0.2) is 42.6 Å². The van der Waals surface area contributed by atoms with Crippen LogP contribution in [0, 0.1) is 6.92 Å². The van der Waals surface area contributed by atoms with Crippen molar-refractivity contribution in [3.8, 4) is 22.6 Å². The molecule has 0 aliphatic rings. The van der Waals surface area contributed by atoms with Gasteiger partial charge >= 0.3 is 0 Å². The topological polar surface area (TPSA) is 144 Å². The van der Waals surface area contributed by atoms with Crippen LogP contribution in [-0.4, -0.2) is 31.2 Å². The first-order valence-electron chi connectivity index (χ1n) is 8.60. The Hall–Kier alpha value is -3.78. The fraction of sp³-hybridized carbons (Fsp3) is 0.100. The number of hydrogen-bond acceptors (Lipinski definition) is 6. The number of nitrogens with one attached hydrogen (secondary N) is 1. The lowest BCUT2D eigenvalue weighted by molar-refractivity contribution is 0.0996. The van der Waals surface area contributed by atoms with E-state index in [9.17, 15) is 9.90 Å². The van der Waals surface area contributed by atoms with Crippen molar-refractivity contribution in [1.29, 1.82) is 0 Å². The van der Waals surface area contributed by atoms with E-state index in [2.05, 4.69) is 20.2 Å². The minimum atomic E-state index is -0.749. The summed E-state index contributed by atoms with van der Waals surface area (Å²) in [5.74, 6) is -0.483. The normalized spacial score (nSPS) is 11.1. The third kappa shape index (κ3) is 2.76. The number of benzene rings is 2. The van der Waals surface area contributed by atoms with Crippen LogP contribution < -0.4 is 11.5 Å². The minimum Gasteiger partial charge on any atom is -0.395 e. The Labute approximate surface area is 160 Å². The van der Waals surface area contributed by atoms with Crippen LogP contribution in [0.3, 0.4) is 0 Å². The molecule has 0 spiro atoms. The number of aromatic nitrogens is 4. The number of aliphatic hydroxyl groups is 1. The van der Waals surface area contributed by atoms with Crippen molar-refractivity contribution >= 4 is 22.5 Å². The summed E-state index contributed by atoms with van der Waals surface area (Å²) in [4.78, 5) is 21.0. The van der Waals surface area contributed by atoms with Gasteiger partial charge in [0.2, 0.25) is 0 Å². The Morgan fingerprint density at radius 2 is 1.96 bits per heavy atom. The van der Waals surface area contributed by atoms with Crippen LogP contribution in [0.5, 0.6) is 0 Å². The van der Waals surface area contributed by atoms with Crippen molar-refractivity contribution in [3.05, 3.63) is 59.4 Å². The summed E-state index contributed by atoms with van der Waals surface area (Å²) in [6.45, 7) is 1.73. The van der Waals surface area contributed by atoms with Gasteiger partial charge in [0.1, 0.15) is 0 Å². The number of fused-ring (bicyclic) bond motifs is 1. The Morgan fingerprint density at radius 3 is 2.71 bits per heavy atom. The highest BCUT2D eigenvalue weighted by atomic mass is 16.3. The Bertz CT molecular complexity index is 1210. The maximum atomic E-state index is 12.0. The highest BCUT2D eigenvalue weighted by Crippen LogP contribution is 2.36. The molecular formula is C20H18N6O2. The van der Waals surface area contributed by atoms with Gasteiger partial charge < -0.3 is 16.6 Å². The lowest BCUT2D eigenvalue weighted by Crippen LogP contribution is -2.18. The first kappa shape index (κ1) is 17.6. The van der Waals surface area contributed by atoms with Gasteiger partial charge in [-0.2, -0.15) is 5.10 Å². The van der Waals surface area contributed by atoms with Gasteiger partial charge in [0.15, 0.2) is 11.5 Å². The highest BCUT2D eigenvalue weighted by molar-refractivity contribution is 6.04. The number of nitrogen functional groups attached to an aromatic ring is 1. The second-order valence-electron chi connectivity index (χ2n) is 6.43. The molecule has 4 rings (SSSR count). The first-order chi connectivity index (χ1) is 13.5. The maximum absolute atomic E-state index is 12.0. The smallest absolute Gasteiger partial charge is 0.269 e. The zero-order valence-electron chi connectivity index (χ0n) is 15.1. The molecule has 1 amide bonds. The van der Waals surface area contributed by atoms with Gasteiger partial charge in [0.05, 0.1) is 29.7 Å². The summed E-state index contributed by atoms with van der Waals surface area (Å²) < 4.78 is 0. The molecule has 0 radical (unpaired) electrons. The summed E-state index contributed by atoms with van der Waals surface area (Å²) >= 11 is 0. The molecule has 140 valence electrons. The van der Waals surface area contributed by atoms with Gasteiger partial charge in [-0.3, -0.25) is 9.89 Å². The lowest BCUT2D eigenvalue weighted by atomic mass is 9.98. The molecule has 0 atom stereocenters. The van der Waals surface area contributed by atoms with Crippen LogP contribution in [0.25, 0.3) is 33.5 Å². The van der Waals surface area contributed by atoms with Crippen LogP contribution in [0.4, 0.5) is 5.69 Å². The fourth-order valence-corrected chi connectivity index (χ4v) is 3.29. The van der Waals surface area contributed by atoms with Gasteiger partial charge in [-0.1, -0.05) is 30.3 Å². The van der Waals surface area contributed by atoms with E-state index in [0.29, 0.717) is 16.8 Å². The van der Waals surface area contributed by atoms with Gasteiger partial charge in [-0.25, -0.2) is 9.97 Å². The van der Waals surface area contributed by atoms with Crippen molar-refractivity contribution in [2.45, 2.75) is 13.5 Å². The van der Waals surface area contributed by atoms with Crippen LogP contribution in [0.1, 0.15) is 21.6 Å². The van der Waals surface area contributed by atoms with Gasteiger partial charge in [0.25, 0.3) is 5.91 Å². The van der Waals surface area contributed by atoms with E-state index in [1.54, 1.807) is 30.5 Å². The largest absolute Gasteiger partial charge is 0.395 e. The average molecular weight is 374 g/mol. The predicted molar refractivity (Wildman–Crippen MR) is 106 cm³/mol. The van der Waals surface area contributed by atoms with Crippen molar-refractivity contribution in [2.24, 2.45) is 5.73 Å². The van der Waals surface area contributed by atoms with E-state index >= 15 is 0 Å². The molecule has 2 heterocycles. The Balaban J connectivity index is 2.08.